The number of nitrogens with one attached hydrogen (secondary N) is 1. The van der Waals surface area contributed by atoms with E-state index in [0.717, 1.165) is 67.2 Å². The Morgan fingerprint density at radius 2 is 1.91 bits per heavy atom. The van der Waals surface area contributed by atoms with Crippen molar-refractivity contribution < 1.29 is 4.74 Å². The topological polar surface area (TPSA) is 24.5 Å². The smallest absolute Gasteiger partial charge is 0.0612 e. The first-order chi connectivity index (χ1) is 16.4. The molecule has 0 spiro atoms. The zero-order chi connectivity index (χ0) is 23.7. The second-order valence-electron chi connectivity index (χ2n) is 14.1. The fraction of sp³-hybridized carbons (Fsp3) is 0.935. The van der Waals surface area contributed by atoms with Crippen molar-refractivity contribution in [2.75, 3.05) is 26.7 Å². The molecule has 0 aromatic rings. The summed E-state index contributed by atoms with van der Waals surface area (Å²) < 4.78 is 6.34. The van der Waals surface area contributed by atoms with Crippen LogP contribution in [0, 0.1) is 46.3 Å². The van der Waals surface area contributed by atoms with Gasteiger partial charge in [0.05, 0.1) is 6.10 Å². The van der Waals surface area contributed by atoms with Crippen molar-refractivity contribution in [1.82, 2.24) is 10.2 Å². The molecule has 0 radical (unpaired) electrons. The number of hydrogen-bond acceptors (Lipinski definition) is 3. The van der Waals surface area contributed by atoms with E-state index in [1.807, 2.05) is 7.05 Å². The zero-order valence-electron chi connectivity index (χ0n) is 22.8. The lowest BCUT2D eigenvalue weighted by Gasteiger charge is -2.58. The van der Waals surface area contributed by atoms with Gasteiger partial charge < -0.3 is 10.1 Å². The summed E-state index contributed by atoms with van der Waals surface area (Å²) in [6.07, 6.45) is 16.9. The summed E-state index contributed by atoms with van der Waals surface area (Å²) >= 11 is 0. The SMILES string of the molecule is CNCCCO[C@H]1CC[C@@]2(C)C(=CCC3C4CC5C([C@H](C)C6CC[C@H](C)CN56)[C@@]4(C)CCC32)C1. The Morgan fingerprint density at radius 3 is 2.74 bits per heavy atom. The van der Waals surface area contributed by atoms with E-state index in [-0.39, 0.29) is 0 Å². The second kappa shape index (κ2) is 8.88. The summed E-state index contributed by atoms with van der Waals surface area (Å²) in [5.74, 6) is 5.56. The van der Waals surface area contributed by atoms with Crippen LogP contribution in [-0.4, -0.2) is 49.8 Å². The van der Waals surface area contributed by atoms with E-state index in [9.17, 15) is 0 Å². The molecule has 192 valence electrons. The molecule has 3 heteroatoms. The van der Waals surface area contributed by atoms with E-state index in [1.54, 1.807) is 5.57 Å². The number of rotatable bonds is 5. The zero-order valence-corrected chi connectivity index (χ0v) is 22.8. The second-order valence-corrected chi connectivity index (χ2v) is 14.1. The van der Waals surface area contributed by atoms with E-state index in [2.05, 4.69) is 44.0 Å². The van der Waals surface area contributed by atoms with Crippen LogP contribution in [0.25, 0.3) is 0 Å². The van der Waals surface area contributed by atoms with E-state index < -0.39 is 0 Å². The van der Waals surface area contributed by atoms with Gasteiger partial charge in [-0.05, 0) is 124 Å². The summed E-state index contributed by atoms with van der Waals surface area (Å²) in [6, 6.07) is 1.77. The Morgan fingerprint density at radius 1 is 1.06 bits per heavy atom. The molecule has 4 aliphatic carbocycles. The van der Waals surface area contributed by atoms with Crippen LogP contribution in [0.15, 0.2) is 11.6 Å². The summed E-state index contributed by atoms with van der Waals surface area (Å²) in [6.45, 7) is 13.9. The molecule has 34 heavy (non-hydrogen) atoms. The number of ether oxygens (including phenoxy) is 1. The van der Waals surface area contributed by atoms with Crippen LogP contribution in [-0.2, 0) is 4.74 Å². The van der Waals surface area contributed by atoms with Gasteiger partial charge >= 0.3 is 0 Å². The lowest BCUT2D eigenvalue weighted by molar-refractivity contribution is -0.0641. The van der Waals surface area contributed by atoms with Gasteiger partial charge in [0.25, 0.3) is 0 Å². The average molecular weight is 469 g/mol. The van der Waals surface area contributed by atoms with Crippen molar-refractivity contribution in [1.29, 1.82) is 0 Å². The first kappa shape index (κ1) is 24.0. The molecule has 11 atom stereocenters. The quantitative estimate of drug-likeness (QED) is 0.379. The van der Waals surface area contributed by atoms with Gasteiger partial charge in [0.15, 0.2) is 0 Å². The standard InChI is InChI=1S/C31H52N2O/c1-20-7-10-27-21(2)29-28(33(27)19-20)18-26-24-9-8-22-17-23(34-16-6-15-32-5)11-13-30(22,3)25(24)12-14-31(26,29)4/h8,20-21,23-29,32H,6-7,9-19H2,1-5H3/t20-,21+,23-,24?,25?,26?,27?,28?,29?,30-,31-/m0/s1. The molecule has 6 aliphatic rings. The molecule has 0 aromatic carbocycles. The molecular weight excluding hydrogens is 416 g/mol. The third-order valence-corrected chi connectivity index (χ3v) is 12.6. The summed E-state index contributed by atoms with van der Waals surface area (Å²) in [5, 5.41) is 3.25. The van der Waals surface area contributed by atoms with Crippen LogP contribution in [0.1, 0.15) is 91.9 Å². The van der Waals surface area contributed by atoms with Crippen LogP contribution in [0.2, 0.25) is 0 Å². The monoisotopic (exact) mass is 468 g/mol. The maximum Gasteiger partial charge on any atom is 0.0612 e. The molecule has 5 fully saturated rings. The summed E-state index contributed by atoms with van der Waals surface area (Å²) in [5.41, 5.74) is 2.81. The van der Waals surface area contributed by atoms with Gasteiger partial charge in [0, 0.05) is 25.2 Å². The summed E-state index contributed by atoms with van der Waals surface area (Å²) in [7, 11) is 2.04. The van der Waals surface area contributed by atoms with Crippen LogP contribution in [0.3, 0.4) is 0 Å². The maximum atomic E-state index is 6.34. The van der Waals surface area contributed by atoms with Crippen molar-refractivity contribution in [2.45, 2.75) is 110 Å². The highest BCUT2D eigenvalue weighted by atomic mass is 16.5. The number of hydrogen-bond donors (Lipinski definition) is 1. The summed E-state index contributed by atoms with van der Waals surface area (Å²) in [4.78, 5) is 3.05. The molecule has 2 aliphatic heterocycles. The highest BCUT2D eigenvalue weighted by Crippen LogP contribution is 2.69. The number of fused-ring (bicyclic) bond motifs is 9. The third-order valence-electron chi connectivity index (χ3n) is 12.6. The molecule has 0 aromatic heterocycles. The molecule has 6 unspecified atom stereocenters. The molecule has 0 amide bonds. The Balaban J connectivity index is 1.20. The maximum absolute atomic E-state index is 6.34. The van der Waals surface area contributed by atoms with Crippen molar-refractivity contribution in [3.8, 4) is 0 Å². The average Bonchev–Trinajstić information content (AvgIpc) is 3.28. The Hall–Kier alpha value is -0.380. The van der Waals surface area contributed by atoms with Crippen molar-refractivity contribution >= 4 is 0 Å². The number of piperidine rings is 1. The van der Waals surface area contributed by atoms with E-state index in [0.29, 0.717) is 16.9 Å². The van der Waals surface area contributed by atoms with Crippen LogP contribution in [0.4, 0.5) is 0 Å². The highest BCUT2D eigenvalue weighted by molar-refractivity contribution is 5.27. The van der Waals surface area contributed by atoms with Crippen LogP contribution < -0.4 is 5.32 Å². The predicted octanol–water partition coefficient (Wildman–Crippen LogP) is 6.29. The minimum absolute atomic E-state index is 0.445. The largest absolute Gasteiger partial charge is 0.378 e. The van der Waals surface area contributed by atoms with Crippen molar-refractivity contribution in [3.05, 3.63) is 11.6 Å². The Kier molecular flexibility index (Phi) is 6.26. The van der Waals surface area contributed by atoms with Crippen molar-refractivity contribution in [3.63, 3.8) is 0 Å². The molecule has 0 bridgehead atoms. The van der Waals surface area contributed by atoms with E-state index in [4.69, 9.17) is 4.74 Å². The van der Waals surface area contributed by atoms with E-state index in [1.165, 1.54) is 64.3 Å². The Bertz CT molecular complexity index is 794. The molecule has 3 saturated carbocycles. The van der Waals surface area contributed by atoms with Gasteiger partial charge in [-0.1, -0.05) is 39.3 Å². The van der Waals surface area contributed by atoms with Gasteiger partial charge in [-0.2, -0.15) is 0 Å². The normalized spacial score (nSPS) is 52.3. The first-order valence-corrected chi connectivity index (χ1v) is 15.1. The lowest BCUT2D eigenvalue weighted by Crippen LogP contribution is -2.51. The lowest BCUT2D eigenvalue weighted by atomic mass is 9.47. The number of allylic oxidation sites excluding steroid dienone is 1. The fourth-order valence-corrected chi connectivity index (χ4v) is 11.0. The Labute approximate surface area is 209 Å². The van der Waals surface area contributed by atoms with Crippen LogP contribution >= 0.6 is 0 Å². The first-order valence-electron chi connectivity index (χ1n) is 15.1. The van der Waals surface area contributed by atoms with Gasteiger partial charge in [0.1, 0.15) is 0 Å². The van der Waals surface area contributed by atoms with Gasteiger partial charge in [-0.3, -0.25) is 4.90 Å². The van der Waals surface area contributed by atoms with Gasteiger partial charge in [-0.25, -0.2) is 0 Å². The molecule has 6 rings (SSSR count). The van der Waals surface area contributed by atoms with Crippen molar-refractivity contribution in [2.24, 2.45) is 46.3 Å². The van der Waals surface area contributed by atoms with Gasteiger partial charge in [0.2, 0.25) is 0 Å². The van der Waals surface area contributed by atoms with Gasteiger partial charge in [-0.15, -0.1) is 0 Å². The third kappa shape index (κ3) is 3.53. The number of nitrogens with zero attached hydrogens (tertiary/aromatic N) is 1. The molecule has 2 saturated heterocycles. The fourth-order valence-electron chi connectivity index (χ4n) is 11.0. The molecule has 2 heterocycles. The minimum atomic E-state index is 0.445. The van der Waals surface area contributed by atoms with E-state index >= 15 is 0 Å². The minimum Gasteiger partial charge on any atom is -0.378 e. The predicted molar refractivity (Wildman–Crippen MR) is 141 cm³/mol. The van der Waals surface area contributed by atoms with Crippen LogP contribution in [0.5, 0.6) is 0 Å². The molecule has 3 nitrogen and oxygen atoms in total. The highest BCUT2D eigenvalue weighted by Gasteiger charge is 2.66. The molecule has 1 N–H and O–H groups in total. The molecular formula is C31H52N2O.